The van der Waals surface area contributed by atoms with Crippen molar-refractivity contribution in [3.63, 3.8) is 0 Å². The molecule has 4 rings (SSSR count). The number of carbonyl (C=O) groups is 2. The van der Waals surface area contributed by atoms with E-state index in [2.05, 4.69) is 47.6 Å². The van der Waals surface area contributed by atoms with Crippen LogP contribution in [0.3, 0.4) is 0 Å². The number of benzene rings is 2. The molecule has 428 valence electrons. The Morgan fingerprint density at radius 3 is 1.21 bits per heavy atom. The van der Waals surface area contributed by atoms with Gasteiger partial charge in [-0.05, 0) is 78.6 Å². The average Bonchev–Trinajstić information content (AvgIpc) is 3.32. The van der Waals surface area contributed by atoms with Crippen LogP contribution in [0.5, 0.6) is 11.5 Å². The first kappa shape index (κ1) is 68.7. The van der Waals surface area contributed by atoms with Crippen LogP contribution in [0.25, 0.3) is 22.3 Å². The molecule has 0 fully saturated rings. The molecule has 0 saturated heterocycles. The van der Waals surface area contributed by atoms with E-state index in [1.165, 1.54) is 70.1 Å². The van der Waals surface area contributed by atoms with Crippen LogP contribution < -0.4 is 52.0 Å². The molecule has 0 radical (unpaired) electrons. The van der Waals surface area contributed by atoms with Crippen molar-refractivity contribution < 1.29 is 97.2 Å². The summed E-state index contributed by atoms with van der Waals surface area (Å²) in [5, 5.41) is 4.50. The molecule has 1 unspecified atom stereocenters. The molecule has 3 atom stereocenters. The number of ether oxygens (including phenoxy) is 2. The van der Waals surface area contributed by atoms with Gasteiger partial charge in [0.05, 0.1) is 48.2 Å². The number of pyridine rings is 2. The molecule has 0 spiro atoms. The number of hydroxylamine groups is 2. The zero-order valence-electron chi connectivity index (χ0n) is 43.7. The SMILES string of the molecule is CC[NH2+]CC.CC[NH2+]CC.COc1ccc(-c2cc(=O)n(CC[C@](C)(C(=O)NOP(=O)([O-])[O-])S(C)(=O)=O)cc2F)c(F)c1.COc1ccc(-c2cc(=O)n(CC[C@](C)(C(=O)NOP(C)(=O)O)S(C)(=O)=O)cc2F)c(F)c1. The van der Waals surface area contributed by atoms with Gasteiger partial charge in [-0.1, -0.05) is 0 Å². The van der Waals surface area contributed by atoms with Gasteiger partial charge in [-0.15, -0.1) is 0 Å². The number of aryl methyl sites for hydroxylation is 2. The molecule has 0 saturated carbocycles. The zero-order chi connectivity index (χ0) is 58.6. The molecule has 23 nitrogen and oxygen atoms in total. The van der Waals surface area contributed by atoms with E-state index in [-0.39, 0.29) is 33.8 Å². The molecular weight excluding hydrogens is 1100 g/mol. The molecule has 0 bridgehead atoms. The van der Waals surface area contributed by atoms with Crippen LogP contribution in [0, 0.1) is 23.3 Å². The van der Waals surface area contributed by atoms with Crippen molar-refractivity contribution in [3.8, 4) is 33.8 Å². The van der Waals surface area contributed by atoms with E-state index >= 15 is 0 Å². The Morgan fingerprint density at radius 2 is 0.961 bits per heavy atom. The molecule has 0 aliphatic heterocycles. The molecule has 4 aromatic rings. The first-order valence-corrected chi connectivity index (χ1v) is 30.1. The largest absolute Gasteiger partial charge is 0.788 e. The summed E-state index contributed by atoms with van der Waals surface area (Å²) < 4.78 is 143. The molecule has 2 aromatic carbocycles. The topological polar surface area (TPSA) is 341 Å². The van der Waals surface area contributed by atoms with E-state index in [0.29, 0.717) is 12.5 Å². The third kappa shape index (κ3) is 20.9. The summed E-state index contributed by atoms with van der Waals surface area (Å²) in [6, 6.07) is 8.89. The van der Waals surface area contributed by atoms with E-state index < -0.39 is 117 Å². The molecule has 31 heteroatoms. The number of nitrogens with one attached hydrogen (secondary N) is 2. The van der Waals surface area contributed by atoms with Gasteiger partial charge in [0.15, 0.2) is 29.2 Å². The summed E-state index contributed by atoms with van der Waals surface area (Å²) in [4.78, 5) is 79.8. The molecule has 2 aromatic heterocycles. The van der Waals surface area contributed by atoms with Gasteiger partial charge in [-0.25, -0.2) is 50.0 Å². The molecular formula is C45H66F4N6O17P2S2. The Hall–Kier alpha value is -5.32. The third-order valence-electron chi connectivity index (χ3n) is 11.1. The Bertz CT molecular complexity index is 2860. The number of nitrogens with two attached hydrogens (primary N) is 2. The molecule has 2 heterocycles. The average molecular weight is 1170 g/mol. The minimum absolute atomic E-state index is 0.178. The summed E-state index contributed by atoms with van der Waals surface area (Å²) in [5.41, 5.74) is 0.229. The number of halogens is 4. The van der Waals surface area contributed by atoms with Crippen molar-refractivity contribution in [2.45, 2.75) is 77.0 Å². The minimum atomic E-state index is -5.65. The summed E-state index contributed by atoms with van der Waals surface area (Å²) in [7, 11) is -15.5. The van der Waals surface area contributed by atoms with Crippen molar-refractivity contribution in [1.29, 1.82) is 0 Å². The van der Waals surface area contributed by atoms with Crippen LogP contribution >= 0.6 is 15.4 Å². The number of sulfone groups is 2. The monoisotopic (exact) mass is 1160 g/mol. The van der Waals surface area contributed by atoms with Crippen molar-refractivity contribution in [2.75, 3.05) is 59.6 Å². The highest BCUT2D eigenvalue weighted by molar-refractivity contribution is 7.93. The maximum Gasteiger partial charge on any atom is 0.346 e. The fourth-order valence-electron chi connectivity index (χ4n) is 6.15. The minimum Gasteiger partial charge on any atom is -0.788 e. The van der Waals surface area contributed by atoms with Crippen LogP contribution in [0.15, 0.2) is 70.5 Å². The second kappa shape index (κ2) is 30.0. The summed E-state index contributed by atoms with van der Waals surface area (Å²) in [6.45, 7) is 15.3. The Balaban J connectivity index is 0.000000644. The lowest BCUT2D eigenvalue weighted by molar-refractivity contribution is -0.648. The summed E-state index contributed by atoms with van der Waals surface area (Å²) in [6.07, 6.45) is 1.78. The number of aromatic nitrogens is 2. The number of hydrogen-bond donors (Lipinski definition) is 5. The molecule has 0 aliphatic rings. The van der Waals surface area contributed by atoms with Crippen molar-refractivity contribution in [2.24, 2.45) is 0 Å². The van der Waals surface area contributed by atoms with Crippen molar-refractivity contribution in [1.82, 2.24) is 20.1 Å². The van der Waals surface area contributed by atoms with Gasteiger partial charge in [0, 0.05) is 91.2 Å². The summed E-state index contributed by atoms with van der Waals surface area (Å²) in [5.74, 6) is -5.98. The van der Waals surface area contributed by atoms with E-state index in [9.17, 15) is 72.5 Å². The number of amides is 2. The predicted molar refractivity (Wildman–Crippen MR) is 269 cm³/mol. The number of hydrogen-bond acceptors (Lipinski definition) is 16. The summed E-state index contributed by atoms with van der Waals surface area (Å²) >= 11 is 0. The zero-order valence-corrected chi connectivity index (χ0v) is 47.1. The van der Waals surface area contributed by atoms with E-state index in [0.717, 1.165) is 66.4 Å². The normalized spacial score (nSPS) is 13.8. The molecule has 0 aliphatic carbocycles. The molecule has 2 amide bonds. The van der Waals surface area contributed by atoms with Crippen LogP contribution in [0.4, 0.5) is 17.6 Å². The van der Waals surface area contributed by atoms with E-state index in [4.69, 9.17) is 14.4 Å². The van der Waals surface area contributed by atoms with Crippen LogP contribution in [-0.4, -0.2) is 112 Å². The highest BCUT2D eigenvalue weighted by Crippen LogP contribution is 2.36. The van der Waals surface area contributed by atoms with Crippen LogP contribution in [-0.2, 0) is 60.7 Å². The Kier molecular flexibility index (Phi) is 27.1. The Labute approximate surface area is 437 Å². The van der Waals surface area contributed by atoms with Gasteiger partial charge >= 0.3 is 7.60 Å². The van der Waals surface area contributed by atoms with E-state index in [1.807, 2.05) is 0 Å². The van der Waals surface area contributed by atoms with Crippen molar-refractivity contribution >= 4 is 46.9 Å². The third-order valence-corrected chi connectivity index (χ3v) is 15.9. The maximum atomic E-state index is 14.7. The standard InChI is InChI=1S/C19H23F2N2O8PS.C18H21F2N2O9PS.2C4H11N/c1-19(33(4,28)29,18(25)22-31-32(3,26)27)7-8-23-11-16(21)14(10-17(23)24)13-6-5-12(30-2)9-15(13)20;1-18(33(3,28)29,17(24)21-31-32(25,26)27)6-7-22-10-15(20)13(9-16(22)23)12-5-4-11(30-2)8-14(12)19;2*1-3-5-4-2/h5-6,9-11H,7-8H2,1-4H3,(H,22,25)(H,26,27);4-5,8-10H,6-7H2,1-3H3,(H,21,24)(H2,25,26,27);2*5H,3-4H2,1-2H3/t19-;18-;;/m11../s1. The number of rotatable bonds is 22. The van der Waals surface area contributed by atoms with Gasteiger partial charge in [0.25, 0.3) is 22.9 Å². The number of nitrogens with zero attached hydrogens (tertiary/aromatic N) is 2. The first-order chi connectivity index (χ1) is 35.0. The van der Waals surface area contributed by atoms with Crippen LogP contribution in [0.1, 0.15) is 54.4 Å². The second-order valence-electron chi connectivity index (χ2n) is 16.8. The molecule has 76 heavy (non-hydrogen) atoms. The van der Waals surface area contributed by atoms with E-state index in [1.54, 1.807) is 5.48 Å². The number of quaternary nitrogens is 2. The van der Waals surface area contributed by atoms with Crippen molar-refractivity contribution in [3.05, 3.63) is 105 Å². The lowest BCUT2D eigenvalue weighted by atomic mass is 10.0. The van der Waals surface area contributed by atoms with Gasteiger partial charge in [0.2, 0.25) is 0 Å². The maximum absolute atomic E-state index is 14.7. The molecule has 7 N–H and O–H groups in total. The van der Waals surface area contributed by atoms with Crippen LogP contribution in [0.2, 0.25) is 0 Å². The van der Waals surface area contributed by atoms with Gasteiger partial charge in [-0.3, -0.25) is 23.7 Å². The number of carbonyl (C=O) groups excluding carboxylic acids is 2. The quantitative estimate of drug-likeness (QED) is 0.0415. The Morgan fingerprint density at radius 1 is 0.632 bits per heavy atom. The second-order valence-corrected chi connectivity index (χ2v) is 24.6. The van der Waals surface area contributed by atoms with Gasteiger partial charge < -0.3 is 48.5 Å². The fraction of sp³-hybridized carbons (Fsp3) is 0.467. The van der Waals surface area contributed by atoms with Gasteiger partial charge in [0.1, 0.15) is 34.8 Å². The highest BCUT2D eigenvalue weighted by atomic mass is 32.2. The lowest BCUT2D eigenvalue weighted by Crippen LogP contribution is -2.82. The smallest absolute Gasteiger partial charge is 0.346 e. The lowest BCUT2D eigenvalue weighted by Gasteiger charge is -2.31. The van der Waals surface area contributed by atoms with Gasteiger partial charge in [-0.2, -0.15) is 4.62 Å². The highest BCUT2D eigenvalue weighted by Gasteiger charge is 2.45. The number of methoxy groups -OCH3 is 2. The number of phosphoric acid groups is 1. The fourth-order valence-corrected chi connectivity index (χ4v) is 8.28. The predicted octanol–water partition coefficient (Wildman–Crippen LogP) is 0.910. The first-order valence-electron chi connectivity index (χ1n) is 22.8.